The van der Waals surface area contributed by atoms with E-state index in [1.165, 1.54) is 23.8 Å². The van der Waals surface area contributed by atoms with Crippen molar-refractivity contribution in [1.29, 1.82) is 0 Å². The Kier molecular flexibility index (Phi) is 1.98. The summed E-state index contributed by atoms with van der Waals surface area (Å²) < 4.78 is 5.43. The summed E-state index contributed by atoms with van der Waals surface area (Å²) in [7, 11) is 1.72. The highest BCUT2D eigenvalue weighted by Crippen LogP contribution is 2.50. The van der Waals surface area contributed by atoms with E-state index in [4.69, 9.17) is 10.5 Å². The van der Waals surface area contributed by atoms with Crippen LogP contribution < -0.4 is 10.5 Å². The summed E-state index contributed by atoms with van der Waals surface area (Å²) in [6.07, 6.45) is 4.47. The molecule has 3 N–H and O–H groups in total. The molecule has 1 aromatic carbocycles. The summed E-state index contributed by atoms with van der Waals surface area (Å²) >= 11 is 0. The fourth-order valence-electron chi connectivity index (χ4n) is 2.47. The molecule has 16 heavy (non-hydrogen) atoms. The quantitative estimate of drug-likeness (QED) is 0.826. The van der Waals surface area contributed by atoms with Gasteiger partial charge in [-0.1, -0.05) is 6.07 Å². The Balaban J connectivity index is 2.26. The van der Waals surface area contributed by atoms with Gasteiger partial charge in [0.2, 0.25) is 0 Å². The molecule has 1 heterocycles. The molecule has 3 nitrogen and oxygen atoms in total. The highest BCUT2D eigenvalue weighted by molar-refractivity contribution is 5.90. The van der Waals surface area contributed by atoms with Crippen molar-refractivity contribution >= 4 is 10.9 Å². The molecule has 3 heteroatoms. The first-order valence-corrected chi connectivity index (χ1v) is 5.65. The molecule has 0 bridgehead atoms. The Morgan fingerprint density at radius 3 is 2.88 bits per heavy atom. The average molecular weight is 216 g/mol. The van der Waals surface area contributed by atoms with Crippen molar-refractivity contribution < 1.29 is 4.74 Å². The van der Waals surface area contributed by atoms with Crippen LogP contribution in [-0.2, 0) is 5.41 Å². The molecule has 1 fully saturated rings. The lowest BCUT2D eigenvalue weighted by Gasteiger charge is -2.12. The van der Waals surface area contributed by atoms with Gasteiger partial charge in [0, 0.05) is 29.1 Å². The van der Waals surface area contributed by atoms with Gasteiger partial charge in [-0.05, 0) is 30.5 Å². The predicted molar refractivity (Wildman–Crippen MR) is 64.8 cm³/mol. The van der Waals surface area contributed by atoms with Crippen LogP contribution in [0.15, 0.2) is 24.4 Å². The molecular weight excluding hydrogens is 200 g/mol. The molecule has 1 aromatic heterocycles. The molecule has 3 rings (SSSR count). The number of aromatic nitrogens is 1. The second-order valence-electron chi connectivity index (χ2n) is 4.57. The Morgan fingerprint density at radius 1 is 1.44 bits per heavy atom. The van der Waals surface area contributed by atoms with Crippen molar-refractivity contribution in [3.63, 3.8) is 0 Å². The largest absolute Gasteiger partial charge is 0.496 e. The number of hydrogen-bond acceptors (Lipinski definition) is 2. The lowest BCUT2D eigenvalue weighted by molar-refractivity contribution is 0.419. The summed E-state index contributed by atoms with van der Waals surface area (Å²) in [4.78, 5) is 3.31. The molecule has 0 radical (unpaired) electrons. The first-order chi connectivity index (χ1) is 7.80. The molecule has 1 aliphatic rings. The Hall–Kier alpha value is -1.48. The van der Waals surface area contributed by atoms with E-state index in [9.17, 15) is 0 Å². The average Bonchev–Trinajstić information content (AvgIpc) is 3.01. The van der Waals surface area contributed by atoms with Crippen molar-refractivity contribution in [2.75, 3.05) is 13.7 Å². The molecule has 0 aliphatic heterocycles. The molecule has 0 spiro atoms. The van der Waals surface area contributed by atoms with Gasteiger partial charge < -0.3 is 15.5 Å². The molecule has 1 saturated carbocycles. The fourth-order valence-corrected chi connectivity index (χ4v) is 2.47. The molecular formula is C13H16N2O. The first-order valence-electron chi connectivity index (χ1n) is 5.65. The van der Waals surface area contributed by atoms with E-state index in [2.05, 4.69) is 17.2 Å². The van der Waals surface area contributed by atoms with Crippen molar-refractivity contribution in [3.05, 3.63) is 30.0 Å². The zero-order chi connectivity index (χ0) is 11.2. The van der Waals surface area contributed by atoms with Crippen LogP contribution in [0.5, 0.6) is 5.75 Å². The van der Waals surface area contributed by atoms with Crippen LogP contribution in [-0.4, -0.2) is 18.6 Å². The number of ether oxygens (including phenoxy) is 1. The van der Waals surface area contributed by atoms with E-state index in [1.54, 1.807) is 7.11 Å². The van der Waals surface area contributed by atoms with Crippen LogP contribution in [0.3, 0.4) is 0 Å². The van der Waals surface area contributed by atoms with Gasteiger partial charge in [-0.2, -0.15) is 0 Å². The number of hydrogen-bond donors (Lipinski definition) is 2. The van der Waals surface area contributed by atoms with Gasteiger partial charge >= 0.3 is 0 Å². The predicted octanol–water partition coefficient (Wildman–Crippen LogP) is 2.17. The maximum Gasteiger partial charge on any atom is 0.128 e. The number of nitrogens with two attached hydrogens (primary N) is 1. The standard InChI is InChI=1S/C13H16N2O/c1-16-11-4-2-3-10-12(11)9(7-15-10)13(8-14)5-6-13/h2-4,7,15H,5-6,8,14H2,1H3. The third-order valence-electron chi connectivity index (χ3n) is 3.70. The lowest BCUT2D eigenvalue weighted by Crippen LogP contribution is -2.19. The number of aromatic amines is 1. The van der Waals surface area contributed by atoms with E-state index in [0.29, 0.717) is 0 Å². The lowest BCUT2D eigenvalue weighted by atomic mass is 9.95. The molecule has 0 unspecified atom stereocenters. The van der Waals surface area contributed by atoms with E-state index in [0.717, 1.165) is 17.8 Å². The van der Waals surface area contributed by atoms with Gasteiger partial charge in [-0.3, -0.25) is 0 Å². The van der Waals surface area contributed by atoms with E-state index in [1.807, 2.05) is 12.1 Å². The Bertz CT molecular complexity index is 526. The van der Waals surface area contributed by atoms with Crippen LogP contribution in [0.1, 0.15) is 18.4 Å². The molecule has 2 aromatic rings. The second kappa shape index (κ2) is 3.25. The minimum Gasteiger partial charge on any atom is -0.496 e. The molecule has 0 atom stereocenters. The summed E-state index contributed by atoms with van der Waals surface area (Å²) in [5.41, 5.74) is 8.54. The van der Waals surface area contributed by atoms with Gasteiger partial charge in [0.25, 0.3) is 0 Å². The fraction of sp³-hybridized carbons (Fsp3) is 0.385. The maximum absolute atomic E-state index is 5.89. The summed E-state index contributed by atoms with van der Waals surface area (Å²) in [5, 5.41) is 1.20. The zero-order valence-electron chi connectivity index (χ0n) is 9.42. The third kappa shape index (κ3) is 1.18. The highest BCUT2D eigenvalue weighted by atomic mass is 16.5. The van der Waals surface area contributed by atoms with Gasteiger partial charge in [-0.25, -0.2) is 0 Å². The summed E-state index contributed by atoms with van der Waals surface area (Å²) in [6, 6.07) is 6.09. The summed E-state index contributed by atoms with van der Waals surface area (Å²) in [6.45, 7) is 0.720. The number of rotatable bonds is 3. The van der Waals surface area contributed by atoms with Gasteiger partial charge in [0.05, 0.1) is 7.11 Å². The summed E-state index contributed by atoms with van der Waals surface area (Å²) in [5.74, 6) is 0.938. The Labute approximate surface area is 94.6 Å². The van der Waals surface area contributed by atoms with Crippen LogP contribution in [0, 0.1) is 0 Å². The second-order valence-corrected chi connectivity index (χ2v) is 4.57. The number of nitrogens with one attached hydrogen (secondary N) is 1. The van der Waals surface area contributed by atoms with Crippen molar-refractivity contribution in [2.45, 2.75) is 18.3 Å². The highest BCUT2D eigenvalue weighted by Gasteiger charge is 2.44. The van der Waals surface area contributed by atoms with Crippen molar-refractivity contribution in [2.24, 2.45) is 5.73 Å². The number of methoxy groups -OCH3 is 1. The van der Waals surface area contributed by atoms with Crippen LogP contribution in [0.2, 0.25) is 0 Å². The zero-order valence-corrected chi connectivity index (χ0v) is 9.42. The normalized spacial score (nSPS) is 17.6. The van der Waals surface area contributed by atoms with Gasteiger partial charge in [0.1, 0.15) is 5.75 Å². The molecule has 84 valence electrons. The number of H-pyrrole nitrogens is 1. The first kappa shape index (κ1) is 9.73. The SMILES string of the molecule is COc1cccc2[nH]cc(C3(CN)CC3)c12. The maximum atomic E-state index is 5.89. The number of benzene rings is 1. The molecule has 0 amide bonds. The number of fused-ring (bicyclic) bond motifs is 1. The topological polar surface area (TPSA) is 51.0 Å². The van der Waals surface area contributed by atoms with Crippen LogP contribution in [0.4, 0.5) is 0 Å². The molecule has 1 aliphatic carbocycles. The van der Waals surface area contributed by atoms with E-state index >= 15 is 0 Å². The minimum atomic E-state index is 0.201. The van der Waals surface area contributed by atoms with E-state index < -0.39 is 0 Å². The van der Waals surface area contributed by atoms with Crippen molar-refractivity contribution in [3.8, 4) is 5.75 Å². The van der Waals surface area contributed by atoms with Gasteiger partial charge in [0.15, 0.2) is 0 Å². The van der Waals surface area contributed by atoms with Crippen molar-refractivity contribution in [1.82, 2.24) is 4.98 Å². The minimum absolute atomic E-state index is 0.201. The smallest absolute Gasteiger partial charge is 0.128 e. The van der Waals surface area contributed by atoms with Crippen LogP contribution in [0.25, 0.3) is 10.9 Å². The van der Waals surface area contributed by atoms with E-state index in [-0.39, 0.29) is 5.41 Å². The van der Waals surface area contributed by atoms with Gasteiger partial charge in [-0.15, -0.1) is 0 Å². The Morgan fingerprint density at radius 2 is 2.25 bits per heavy atom. The molecule has 0 saturated heterocycles. The van der Waals surface area contributed by atoms with Crippen LogP contribution >= 0.6 is 0 Å². The monoisotopic (exact) mass is 216 g/mol. The third-order valence-corrected chi connectivity index (χ3v) is 3.70.